The van der Waals surface area contributed by atoms with Gasteiger partial charge in [-0.05, 0) is 6.07 Å². The second-order valence-electron chi connectivity index (χ2n) is 4.05. The predicted octanol–water partition coefficient (Wildman–Crippen LogP) is 1.14. The van der Waals surface area contributed by atoms with E-state index >= 15 is 0 Å². The van der Waals surface area contributed by atoms with Crippen molar-refractivity contribution in [3.8, 4) is 0 Å². The summed E-state index contributed by atoms with van der Waals surface area (Å²) >= 11 is 0. The maximum Gasteiger partial charge on any atom is 0.358 e. The first-order valence-corrected chi connectivity index (χ1v) is 5.78. The summed E-state index contributed by atoms with van der Waals surface area (Å²) in [5, 5.41) is 29.1. The third kappa shape index (κ3) is 3.72. The zero-order chi connectivity index (χ0) is 15.4. The molecule has 0 radical (unpaired) electrons. The summed E-state index contributed by atoms with van der Waals surface area (Å²) in [5.74, 6) is -1.91. The monoisotopic (exact) mass is 295 g/mol. The van der Waals surface area contributed by atoms with Crippen LogP contribution in [0, 0.1) is 15.9 Å². The molecule has 0 atom stereocenters. The van der Waals surface area contributed by atoms with Crippen molar-refractivity contribution in [2.24, 2.45) is 0 Å². The molecule has 10 heteroatoms. The van der Waals surface area contributed by atoms with E-state index in [-0.39, 0.29) is 30.2 Å². The normalized spacial score (nSPS) is 10.3. The molecule has 9 nitrogen and oxygen atoms in total. The lowest BCUT2D eigenvalue weighted by Gasteiger charge is -2.06. The van der Waals surface area contributed by atoms with Gasteiger partial charge in [-0.25, -0.2) is 13.9 Å². The van der Waals surface area contributed by atoms with Gasteiger partial charge in [-0.15, -0.1) is 5.10 Å². The van der Waals surface area contributed by atoms with Gasteiger partial charge < -0.3 is 10.4 Å². The van der Waals surface area contributed by atoms with Gasteiger partial charge in [0.1, 0.15) is 5.82 Å². The fourth-order valence-corrected chi connectivity index (χ4v) is 1.60. The van der Waals surface area contributed by atoms with Gasteiger partial charge in [0.25, 0.3) is 5.69 Å². The van der Waals surface area contributed by atoms with Crippen molar-refractivity contribution in [3.05, 3.63) is 46.0 Å². The Balaban J connectivity index is 1.96. The molecule has 0 aliphatic carbocycles. The molecule has 0 unspecified atom stereocenters. The van der Waals surface area contributed by atoms with Gasteiger partial charge >= 0.3 is 5.97 Å². The summed E-state index contributed by atoms with van der Waals surface area (Å²) in [6.07, 6.45) is 1.25. The minimum Gasteiger partial charge on any atom is -0.476 e. The van der Waals surface area contributed by atoms with Crippen molar-refractivity contribution >= 4 is 17.3 Å². The number of nitro groups is 1. The van der Waals surface area contributed by atoms with E-state index < -0.39 is 16.7 Å². The number of hydrogen-bond acceptors (Lipinski definition) is 6. The number of nitrogens with zero attached hydrogens (tertiary/aromatic N) is 4. The van der Waals surface area contributed by atoms with Gasteiger partial charge in [0.05, 0.1) is 23.7 Å². The first-order chi connectivity index (χ1) is 9.95. The molecule has 0 bridgehead atoms. The molecule has 0 fully saturated rings. The number of aromatic nitrogens is 3. The number of nitro benzene ring substituents is 1. The van der Waals surface area contributed by atoms with Crippen LogP contribution in [0.15, 0.2) is 24.4 Å². The van der Waals surface area contributed by atoms with Gasteiger partial charge in [0, 0.05) is 18.3 Å². The molecule has 0 spiro atoms. The van der Waals surface area contributed by atoms with Gasteiger partial charge in [-0.2, -0.15) is 0 Å². The third-order valence-electron chi connectivity index (χ3n) is 2.52. The summed E-state index contributed by atoms with van der Waals surface area (Å²) in [5.41, 5.74) is -0.289. The van der Waals surface area contributed by atoms with Crippen LogP contribution in [0.25, 0.3) is 0 Å². The lowest BCUT2D eigenvalue weighted by molar-refractivity contribution is -0.385. The van der Waals surface area contributed by atoms with Crippen LogP contribution in [0.5, 0.6) is 0 Å². The van der Waals surface area contributed by atoms with E-state index in [1.807, 2.05) is 0 Å². The largest absolute Gasteiger partial charge is 0.476 e. The van der Waals surface area contributed by atoms with E-state index in [2.05, 4.69) is 15.6 Å². The molecule has 110 valence electrons. The zero-order valence-corrected chi connectivity index (χ0v) is 10.6. The molecule has 0 aliphatic rings. The van der Waals surface area contributed by atoms with Gasteiger partial charge in [-0.3, -0.25) is 10.1 Å². The van der Waals surface area contributed by atoms with Crippen molar-refractivity contribution in [1.82, 2.24) is 15.0 Å². The number of carbonyl (C=O) groups is 1. The quantitative estimate of drug-likeness (QED) is 0.604. The van der Waals surface area contributed by atoms with Crippen molar-refractivity contribution in [1.29, 1.82) is 0 Å². The fraction of sp³-hybridized carbons (Fsp3) is 0.182. The third-order valence-corrected chi connectivity index (χ3v) is 2.52. The summed E-state index contributed by atoms with van der Waals surface area (Å²) in [7, 11) is 0. The Kier molecular flexibility index (Phi) is 4.07. The summed E-state index contributed by atoms with van der Waals surface area (Å²) < 4.78 is 14.5. The molecule has 2 aromatic rings. The number of carboxylic acid groups (broad SMARTS) is 1. The zero-order valence-electron chi connectivity index (χ0n) is 10.6. The number of halogens is 1. The van der Waals surface area contributed by atoms with Gasteiger partial charge in [0.15, 0.2) is 5.69 Å². The lowest BCUT2D eigenvalue weighted by Crippen LogP contribution is -2.11. The second kappa shape index (κ2) is 5.94. The highest BCUT2D eigenvalue weighted by atomic mass is 19.1. The fourth-order valence-electron chi connectivity index (χ4n) is 1.60. The maximum absolute atomic E-state index is 13.2. The molecule has 1 heterocycles. The maximum atomic E-state index is 13.2. The number of hydrogen-bond donors (Lipinski definition) is 2. The van der Waals surface area contributed by atoms with Crippen LogP contribution in [0.2, 0.25) is 0 Å². The van der Waals surface area contributed by atoms with Crippen LogP contribution in [-0.2, 0) is 6.54 Å². The summed E-state index contributed by atoms with van der Waals surface area (Å²) in [6, 6.07) is 3.14. The van der Waals surface area contributed by atoms with Crippen LogP contribution in [0.3, 0.4) is 0 Å². The Bertz CT molecular complexity index is 687. The minimum atomic E-state index is -1.19. The lowest BCUT2D eigenvalue weighted by atomic mass is 10.2. The smallest absolute Gasteiger partial charge is 0.358 e. The average molecular weight is 295 g/mol. The van der Waals surface area contributed by atoms with E-state index in [0.29, 0.717) is 0 Å². The van der Waals surface area contributed by atoms with Gasteiger partial charge in [-0.1, -0.05) is 5.21 Å². The minimum absolute atomic E-state index is 0.184. The van der Waals surface area contributed by atoms with Crippen LogP contribution in [0.1, 0.15) is 10.5 Å². The number of aromatic carboxylic acids is 1. The van der Waals surface area contributed by atoms with Gasteiger partial charge in [0.2, 0.25) is 0 Å². The number of non-ortho nitro benzene ring substituents is 1. The Labute approximate surface area is 117 Å². The van der Waals surface area contributed by atoms with Crippen LogP contribution < -0.4 is 5.32 Å². The molecule has 0 amide bonds. The molecule has 0 saturated carbocycles. The molecule has 1 aromatic carbocycles. The first-order valence-electron chi connectivity index (χ1n) is 5.78. The Morgan fingerprint density at radius 1 is 1.48 bits per heavy atom. The second-order valence-corrected chi connectivity index (χ2v) is 4.05. The topological polar surface area (TPSA) is 123 Å². The Morgan fingerprint density at radius 2 is 2.24 bits per heavy atom. The molecular weight excluding hydrogens is 285 g/mol. The number of rotatable bonds is 6. The number of nitrogens with one attached hydrogen (secondary N) is 1. The van der Waals surface area contributed by atoms with Crippen LogP contribution >= 0.6 is 0 Å². The molecule has 1 aromatic heterocycles. The Morgan fingerprint density at radius 3 is 2.86 bits per heavy atom. The first kappa shape index (κ1) is 14.4. The number of carboxylic acids is 1. The summed E-state index contributed by atoms with van der Waals surface area (Å²) in [4.78, 5) is 20.5. The van der Waals surface area contributed by atoms with E-state index in [1.165, 1.54) is 16.9 Å². The number of anilines is 1. The van der Waals surface area contributed by atoms with Crippen LogP contribution in [-0.4, -0.2) is 37.5 Å². The van der Waals surface area contributed by atoms with E-state index in [1.54, 1.807) is 0 Å². The SMILES string of the molecule is O=C(O)c1cn(CCNc2cc(F)cc([N+](=O)[O-])c2)nn1. The highest BCUT2D eigenvalue weighted by Gasteiger charge is 2.10. The molecule has 2 rings (SSSR count). The van der Waals surface area contributed by atoms with E-state index in [4.69, 9.17) is 5.11 Å². The molecule has 21 heavy (non-hydrogen) atoms. The molecular formula is C11H10FN5O4. The van der Waals surface area contributed by atoms with Crippen molar-refractivity contribution < 1.29 is 19.2 Å². The summed E-state index contributed by atoms with van der Waals surface area (Å²) in [6.45, 7) is 0.535. The van der Waals surface area contributed by atoms with Crippen LogP contribution in [0.4, 0.5) is 15.8 Å². The molecule has 0 aliphatic heterocycles. The highest BCUT2D eigenvalue weighted by Crippen LogP contribution is 2.19. The predicted molar refractivity (Wildman–Crippen MR) is 68.5 cm³/mol. The van der Waals surface area contributed by atoms with E-state index in [9.17, 15) is 19.3 Å². The Hall–Kier alpha value is -3.04. The standard InChI is InChI=1S/C11H10FN5O4/c12-7-3-8(5-9(4-7)17(20)21)13-1-2-16-6-10(11(18)19)14-15-16/h3-6,13H,1-2H2,(H,18,19). The van der Waals surface area contributed by atoms with E-state index in [0.717, 1.165) is 12.1 Å². The van der Waals surface area contributed by atoms with Crippen molar-refractivity contribution in [2.45, 2.75) is 6.54 Å². The molecule has 0 saturated heterocycles. The van der Waals surface area contributed by atoms with Crippen molar-refractivity contribution in [3.63, 3.8) is 0 Å². The average Bonchev–Trinajstić information content (AvgIpc) is 2.87. The number of benzene rings is 1. The highest BCUT2D eigenvalue weighted by molar-refractivity contribution is 5.84. The molecule has 2 N–H and O–H groups in total. The van der Waals surface area contributed by atoms with Crippen molar-refractivity contribution in [2.75, 3.05) is 11.9 Å².